The molecule has 0 radical (unpaired) electrons. The molecule has 8 heteroatoms. The minimum atomic E-state index is -0.792. The van der Waals surface area contributed by atoms with Crippen LogP contribution in [0.1, 0.15) is 24.2 Å². The molecule has 21 heavy (non-hydrogen) atoms. The first-order chi connectivity index (χ1) is 9.85. The first-order valence-electron chi connectivity index (χ1n) is 6.27. The zero-order chi connectivity index (χ0) is 16.0. The summed E-state index contributed by atoms with van der Waals surface area (Å²) in [5.74, 6) is -1.22. The van der Waals surface area contributed by atoms with Crippen LogP contribution in [0.4, 0.5) is 11.4 Å². The molecule has 1 amide bonds. The molecule has 2 N–H and O–H groups in total. The van der Waals surface area contributed by atoms with E-state index in [9.17, 15) is 19.7 Å². The van der Waals surface area contributed by atoms with Gasteiger partial charge in [0.1, 0.15) is 5.69 Å². The van der Waals surface area contributed by atoms with Crippen LogP contribution in [0.15, 0.2) is 18.2 Å². The molecular formula is C13H17N3O5. The molecule has 0 aliphatic rings. The lowest BCUT2D eigenvalue weighted by molar-refractivity contribution is -0.384. The molecule has 0 aromatic heterocycles. The zero-order valence-corrected chi connectivity index (χ0v) is 12.0. The Hall–Kier alpha value is -2.64. The average molecular weight is 295 g/mol. The summed E-state index contributed by atoms with van der Waals surface area (Å²) in [4.78, 5) is 33.4. The highest BCUT2D eigenvalue weighted by Gasteiger charge is 2.18. The molecule has 0 fully saturated rings. The number of amides is 1. The fourth-order valence-corrected chi connectivity index (χ4v) is 1.60. The SMILES string of the molecule is CNc1ccc(C(=O)OCC(=O)NC(C)C)cc1[N+](=O)[O-]. The lowest BCUT2D eigenvalue weighted by Gasteiger charge is -2.09. The highest BCUT2D eigenvalue weighted by molar-refractivity contribution is 5.93. The summed E-state index contributed by atoms with van der Waals surface area (Å²) in [7, 11) is 1.54. The maximum absolute atomic E-state index is 11.8. The summed E-state index contributed by atoms with van der Waals surface area (Å²) < 4.78 is 4.81. The summed E-state index contributed by atoms with van der Waals surface area (Å²) in [5, 5.41) is 16.1. The summed E-state index contributed by atoms with van der Waals surface area (Å²) in [5.41, 5.74) is 0.0609. The van der Waals surface area contributed by atoms with Crippen molar-refractivity contribution in [3.63, 3.8) is 0 Å². The van der Waals surface area contributed by atoms with Crippen LogP contribution in [0, 0.1) is 10.1 Å². The van der Waals surface area contributed by atoms with E-state index in [0.717, 1.165) is 6.07 Å². The predicted molar refractivity (Wildman–Crippen MR) is 76.2 cm³/mol. The molecule has 0 saturated carbocycles. The van der Waals surface area contributed by atoms with E-state index in [4.69, 9.17) is 4.74 Å². The Bertz CT molecular complexity index is 557. The van der Waals surface area contributed by atoms with Gasteiger partial charge in [-0.05, 0) is 26.0 Å². The summed E-state index contributed by atoms with van der Waals surface area (Å²) in [6.07, 6.45) is 0. The number of anilines is 1. The number of carbonyl (C=O) groups is 2. The fourth-order valence-electron chi connectivity index (χ4n) is 1.60. The Labute approximate surface area is 121 Å². The number of hydrogen-bond donors (Lipinski definition) is 2. The van der Waals surface area contributed by atoms with Crippen LogP contribution < -0.4 is 10.6 Å². The predicted octanol–water partition coefficient (Wildman–Crippen LogP) is 1.32. The highest BCUT2D eigenvalue weighted by atomic mass is 16.6. The molecule has 0 saturated heterocycles. The van der Waals surface area contributed by atoms with Crippen molar-refractivity contribution in [3.8, 4) is 0 Å². The second-order valence-electron chi connectivity index (χ2n) is 4.54. The van der Waals surface area contributed by atoms with Gasteiger partial charge in [0.15, 0.2) is 6.61 Å². The van der Waals surface area contributed by atoms with Gasteiger partial charge in [-0.2, -0.15) is 0 Å². The standard InChI is InChI=1S/C13H17N3O5/c1-8(2)15-12(17)7-21-13(18)9-4-5-10(14-3)11(6-9)16(19)20/h4-6,8,14H,7H2,1-3H3,(H,15,17). The summed E-state index contributed by atoms with van der Waals surface area (Å²) >= 11 is 0. The van der Waals surface area contributed by atoms with Crippen LogP contribution in [-0.2, 0) is 9.53 Å². The molecule has 0 aliphatic carbocycles. The van der Waals surface area contributed by atoms with Crippen molar-refractivity contribution in [1.82, 2.24) is 5.32 Å². The minimum Gasteiger partial charge on any atom is -0.452 e. The van der Waals surface area contributed by atoms with Gasteiger partial charge in [-0.15, -0.1) is 0 Å². The van der Waals surface area contributed by atoms with Crippen molar-refractivity contribution in [2.45, 2.75) is 19.9 Å². The molecule has 1 aromatic carbocycles. The van der Waals surface area contributed by atoms with Gasteiger partial charge in [0, 0.05) is 19.2 Å². The van der Waals surface area contributed by atoms with Crippen molar-refractivity contribution < 1.29 is 19.2 Å². The van der Waals surface area contributed by atoms with Crippen LogP contribution in [0.3, 0.4) is 0 Å². The number of nitrogens with zero attached hydrogens (tertiary/aromatic N) is 1. The van der Waals surface area contributed by atoms with E-state index < -0.39 is 23.4 Å². The maximum atomic E-state index is 11.8. The molecule has 0 unspecified atom stereocenters. The van der Waals surface area contributed by atoms with Gasteiger partial charge < -0.3 is 15.4 Å². The topological polar surface area (TPSA) is 111 Å². The van der Waals surface area contributed by atoms with Crippen LogP contribution in [0.5, 0.6) is 0 Å². The van der Waals surface area contributed by atoms with E-state index in [-0.39, 0.29) is 23.0 Å². The average Bonchev–Trinajstić information content (AvgIpc) is 2.43. The number of nitro benzene ring substituents is 1. The van der Waals surface area contributed by atoms with E-state index in [2.05, 4.69) is 10.6 Å². The molecule has 0 atom stereocenters. The quantitative estimate of drug-likeness (QED) is 0.465. The smallest absolute Gasteiger partial charge is 0.338 e. The Morgan fingerprint density at radius 3 is 2.57 bits per heavy atom. The zero-order valence-electron chi connectivity index (χ0n) is 12.0. The lowest BCUT2D eigenvalue weighted by Crippen LogP contribution is -2.33. The minimum absolute atomic E-state index is 0.0121. The number of carbonyl (C=O) groups excluding carboxylic acids is 2. The van der Waals surface area contributed by atoms with Gasteiger partial charge in [0.25, 0.3) is 11.6 Å². The Kier molecular flexibility index (Phi) is 5.65. The molecular weight excluding hydrogens is 278 g/mol. The van der Waals surface area contributed by atoms with Crippen molar-refractivity contribution in [2.24, 2.45) is 0 Å². The van der Waals surface area contributed by atoms with E-state index >= 15 is 0 Å². The number of nitrogens with one attached hydrogen (secondary N) is 2. The largest absolute Gasteiger partial charge is 0.452 e. The molecule has 0 aliphatic heterocycles. The van der Waals surface area contributed by atoms with Gasteiger partial charge in [-0.25, -0.2) is 4.79 Å². The van der Waals surface area contributed by atoms with Crippen molar-refractivity contribution in [2.75, 3.05) is 19.0 Å². The van der Waals surface area contributed by atoms with Gasteiger partial charge in [-0.3, -0.25) is 14.9 Å². The first kappa shape index (κ1) is 16.4. The monoisotopic (exact) mass is 295 g/mol. The van der Waals surface area contributed by atoms with Crippen molar-refractivity contribution >= 4 is 23.3 Å². The number of esters is 1. The Balaban J connectivity index is 2.77. The van der Waals surface area contributed by atoms with E-state index in [0.29, 0.717) is 0 Å². The third-order valence-electron chi connectivity index (χ3n) is 2.48. The second-order valence-corrected chi connectivity index (χ2v) is 4.54. The van der Waals surface area contributed by atoms with Gasteiger partial charge in [-0.1, -0.05) is 0 Å². The van der Waals surface area contributed by atoms with E-state index in [1.807, 2.05) is 0 Å². The molecule has 8 nitrogen and oxygen atoms in total. The Morgan fingerprint density at radius 1 is 1.38 bits per heavy atom. The molecule has 0 bridgehead atoms. The number of ether oxygens (including phenoxy) is 1. The molecule has 0 spiro atoms. The maximum Gasteiger partial charge on any atom is 0.338 e. The van der Waals surface area contributed by atoms with Crippen LogP contribution in [-0.4, -0.2) is 36.5 Å². The third kappa shape index (κ3) is 4.75. The number of hydrogen-bond acceptors (Lipinski definition) is 6. The molecule has 1 rings (SSSR count). The van der Waals surface area contributed by atoms with Gasteiger partial charge in [0.05, 0.1) is 10.5 Å². The summed E-state index contributed by atoms with van der Waals surface area (Å²) in [6.45, 7) is 3.12. The Morgan fingerprint density at radius 2 is 2.05 bits per heavy atom. The molecule has 114 valence electrons. The highest BCUT2D eigenvalue weighted by Crippen LogP contribution is 2.25. The summed E-state index contributed by atoms with van der Waals surface area (Å²) in [6, 6.07) is 3.84. The third-order valence-corrected chi connectivity index (χ3v) is 2.48. The van der Waals surface area contributed by atoms with Gasteiger partial charge >= 0.3 is 5.97 Å². The number of benzene rings is 1. The van der Waals surface area contributed by atoms with Crippen LogP contribution in [0.25, 0.3) is 0 Å². The van der Waals surface area contributed by atoms with Crippen molar-refractivity contribution in [1.29, 1.82) is 0 Å². The number of nitro groups is 1. The van der Waals surface area contributed by atoms with Crippen molar-refractivity contribution in [3.05, 3.63) is 33.9 Å². The first-order valence-corrected chi connectivity index (χ1v) is 6.27. The fraction of sp³-hybridized carbons (Fsp3) is 0.385. The van der Waals surface area contributed by atoms with Crippen LogP contribution >= 0.6 is 0 Å². The van der Waals surface area contributed by atoms with E-state index in [1.165, 1.54) is 19.2 Å². The lowest BCUT2D eigenvalue weighted by atomic mass is 10.1. The normalized spacial score (nSPS) is 10.1. The number of rotatable bonds is 6. The molecule has 0 heterocycles. The molecule has 1 aromatic rings. The van der Waals surface area contributed by atoms with Crippen LogP contribution in [0.2, 0.25) is 0 Å². The second kappa shape index (κ2) is 7.22. The van der Waals surface area contributed by atoms with E-state index in [1.54, 1.807) is 13.8 Å². The van der Waals surface area contributed by atoms with Gasteiger partial charge in [0.2, 0.25) is 0 Å².